The summed E-state index contributed by atoms with van der Waals surface area (Å²) in [6.07, 6.45) is 3.03. The Morgan fingerprint density at radius 1 is 1.11 bits per heavy atom. The van der Waals surface area contributed by atoms with E-state index in [4.69, 9.17) is 4.74 Å². The summed E-state index contributed by atoms with van der Waals surface area (Å²) in [5, 5.41) is 5.74. The van der Waals surface area contributed by atoms with Crippen LogP contribution in [0.4, 0.5) is 10.5 Å². The van der Waals surface area contributed by atoms with Crippen LogP contribution in [0, 0.1) is 0 Å². The van der Waals surface area contributed by atoms with Crippen LogP contribution in [-0.2, 0) is 17.7 Å². The first kappa shape index (κ1) is 18.5. The summed E-state index contributed by atoms with van der Waals surface area (Å²) in [6, 6.07) is 15.2. The second-order valence-electron chi connectivity index (χ2n) is 7.23. The van der Waals surface area contributed by atoms with Crippen LogP contribution in [0.3, 0.4) is 0 Å². The van der Waals surface area contributed by atoms with Crippen LogP contribution in [0.25, 0.3) is 0 Å². The van der Waals surface area contributed by atoms with Gasteiger partial charge in [0, 0.05) is 37.5 Å². The van der Waals surface area contributed by atoms with Crippen LogP contribution in [0.5, 0.6) is 0 Å². The number of fused-ring (bicyclic) bond motifs is 1. The summed E-state index contributed by atoms with van der Waals surface area (Å²) >= 11 is 0. The predicted molar refractivity (Wildman–Crippen MR) is 107 cm³/mol. The Bertz CT molecular complexity index is 847. The Morgan fingerprint density at radius 3 is 2.75 bits per heavy atom. The summed E-state index contributed by atoms with van der Waals surface area (Å²) in [7, 11) is 0. The van der Waals surface area contributed by atoms with Gasteiger partial charge < -0.3 is 20.3 Å². The molecule has 0 saturated carbocycles. The molecule has 2 aliphatic heterocycles. The normalized spacial score (nSPS) is 18.0. The van der Waals surface area contributed by atoms with E-state index in [1.807, 2.05) is 47.4 Å². The van der Waals surface area contributed by atoms with Gasteiger partial charge in [0.2, 0.25) is 0 Å². The molecule has 1 unspecified atom stereocenters. The van der Waals surface area contributed by atoms with Gasteiger partial charge in [0.15, 0.2) is 0 Å². The molecular formula is C22H25N3O3. The fourth-order valence-electron chi connectivity index (χ4n) is 3.74. The Hall–Kier alpha value is -2.86. The number of carbonyl (C=O) groups excluding carboxylic acids is 2. The van der Waals surface area contributed by atoms with Crippen molar-refractivity contribution in [3.05, 3.63) is 65.2 Å². The van der Waals surface area contributed by atoms with Crippen LogP contribution in [0.2, 0.25) is 0 Å². The molecular weight excluding hydrogens is 354 g/mol. The molecule has 0 aromatic heterocycles. The maximum Gasteiger partial charge on any atom is 0.315 e. The van der Waals surface area contributed by atoms with Crippen LogP contribution in [0.1, 0.15) is 34.3 Å². The highest BCUT2D eigenvalue weighted by molar-refractivity contribution is 6.07. The Kier molecular flexibility index (Phi) is 5.58. The number of hydrogen-bond acceptors (Lipinski definition) is 3. The number of benzene rings is 2. The average molecular weight is 379 g/mol. The number of anilines is 1. The molecule has 0 bridgehead atoms. The van der Waals surface area contributed by atoms with Gasteiger partial charge in [-0.3, -0.25) is 4.79 Å². The van der Waals surface area contributed by atoms with Crippen molar-refractivity contribution in [1.29, 1.82) is 0 Å². The summed E-state index contributed by atoms with van der Waals surface area (Å²) in [5.74, 6) is 0.0127. The smallest absolute Gasteiger partial charge is 0.315 e. The minimum Gasteiger partial charge on any atom is -0.376 e. The van der Waals surface area contributed by atoms with E-state index < -0.39 is 0 Å². The first-order chi connectivity index (χ1) is 13.7. The van der Waals surface area contributed by atoms with Crippen molar-refractivity contribution in [2.24, 2.45) is 0 Å². The Labute approximate surface area is 164 Å². The minimum absolute atomic E-state index is 0.0127. The molecule has 1 fully saturated rings. The summed E-state index contributed by atoms with van der Waals surface area (Å²) in [4.78, 5) is 26.7. The number of ether oxygens (including phenoxy) is 1. The van der Waals surface area contributed by atoms with Crippen molar-refractivity contribution < 1.29 is 14.3 Å². The number of nitrogens with one attached hydrogen (secondary N) is 2. The Morgan fingerprint density at radius 2 is 1.96 bits per heavy atom. The highest BCUT2D eigenvalue weighted by atomic mass is 16.5. The van der Waals surface area contributed by atoms with E-state index in [0.29, 0.717) is 25.2 Å². The zero-order valence-corrected chi connectivity index (χ0v) is 15.8. The molecule has 2 aromatic rings. The van der Waals surface area contributed by atoms with Gasteiger partial charge >= 0.3 is 6.03 Å². The lowest BCUT2D eigenvalue weighted by Crippen LogP contribution is -2.39. The van der Waals surface area contributed by atoms with Gasteiger partial charge in [0.25, 0.3) is 5.91 Å². The standard InChI is InChI=1S/C22H25N3O3/c26-21(18-5-2-1-3-6-18)25-11-10-17-9-8-16(13-20(17)25)14-23-22(27)24-15-19-7-4-12-28-19/h1-3,5-6,8-9,13,19H,4,7,10-12,14-15H2,(H2,23,24,27). The third kappa shape index (κ3) is 4.17. The van der Waals surface area contributed by atoms with Gasteiger partial charge in [-0.2, -0.15) is 0 Å². The molecule has 0 radical (unpaired) electrons. The van der Waals surface area contributed by atoms with Crippen molar-refractivity contribution in [2.75, 3.05) is 24.6 Å². The fourth-order valence-corrected chi connectivity index (χ4v) is 3.74. The topological polar surface area (TPSA) is 70.7 Å². The molecule has 0 aliphatic carbocycles. The third-order valence-electron chi connectivity index (χ3n) is 5.28. The van der Waals surface area contributed by atoms with E-state index >= 15 is 0 Å². The SMILES string of the molecule is O=C(NCc1ccc2c(c1)N(C(=O)c1ccccc1)CC2)NCC1CCCO1. The largest absolute Gasteiger partial charge is 0.376 e. The summed E-state index contributed by atoms with van der Waals surface area (Å²) < 4.78 is 5.51. The van der Waals surface area contributed by atoms with Crippen molar-refractivity contribution in [3.63, 3.8) is 0 Å². The molecule has 6 nitrogen and oxygen atoms in total. The highest BCUT2D eigenvalue weighted by Crippen LogP contribution is 2.30. The zero-order valence-electron chi connectivity index (χ0n) is 15.8. The molecule has 1 atom stereocenters. The maximum atomic E-state index is 12.8. The zero-order chi connectivity index (χ0) is 19.3. The van der Waals surface area contributed by atoms with Crippen LogP contribution >= 0.6 is 0 Å². The van der Waals surface area contributed by atoms with Crippen molar-refractivity contribution in [3.8, 4) is 0 Å². The first-order valence-corrected chi connectivity index (χ1v) is 9.83. The molecule has 2 N–H and O–H groups in total. The maximum absolute atomic E-state index is 12.8. The molecule has 2 aliphatic rings. The van der Waals surface area contributed by atoms with Crippen molar-refractivity contribution >= 4 is 17.6 Å². The number of urea groups is 1. The fraction of sp³-hybridized carbons (Fsp3) is 0.364. The second kappa shape index (κ2) is 8.44. The molecule has 2 heterocycles. The summed E-state index contributed by atoms with van der Waals surface area (Å²) in [6.45, 7) is 2.41. The van der Waals surface area contributed by atoms with Gasteiger partial charge in [-0.25, -0.2) is 4.79 Å². The van der Waals surface area contributed by atoms with Crippen LogP contribution < -0.4 is 15.5 Å². The number of hydrogen-bond donors (Lipinski definition) is 2. The van der Waals surface area contributed by atoms with Crippen molar-refractivity contribution in [1.82, 2.24) is 10.6 Å². The lowest BCUT2D eigenvalue weighted by molar-refractivity contribution is 0.0989. The Balaban J connectivity index is 1.36. The first-order valence-electron chi connectivity index (χ1n) is 9.83. The van der Waals surface area contributed by atoms with Gasteiger partial charge in [0.05, 0.1) is 6.10 Å². The number of carbonyl (C=O) groups is 2. The van der Waals surface area contributed by atoms with E-state index in [1.165, 1.54) is 0 Å². The number of amides is 3. The summed E-state index contributed by atoms with van der Waals surface area (Å²) in [5.41, 5.74) is 3.76. The molecule has 3 amide bonds. The van der Waals surface area contributed by atoms with E-state index in [9.17, 15) is 9.59 Å². The van der Waals surface area contributed by atoms with Crippen molar-refractivity contribution in [2.45, 2.75) is 31.9 Å². The molecule has 146 valence electrons. The highest BCUT2D eigenvalue weighted by Gasteiger charge is 2.25. The van der Waals surface area contributed by atoms with Gasteiger partial charge in [0.1, 0.15) is 0 Å². The molecule has 2 aromatic carbocycles. The number of nitrogens with zero attached hydrogens (tertiary/aromatic N) is 1. The second-order valence-corrected chi connectivity index (χ2v) is 7.23. The van der Waals surface area contributed by atoms with Crippen LogP contribution in [-0.4, -0.2) is 37.7 Å². The number of rotatable bonds is 5. The van der Waals surface area contributed by atoms with E-state index in [1.54, 1.807) is 0 Å². The van der Waals surface area contributed by atoms with E-state index in [2.05, 4.69) is 16.7 Å². The van der Waals surface area contributed by atoms with Crippen LogP contribution in [0.15, 0.2) is 48.5 Å². The van der Waals surface area contributed by atoms with E-state index in [0.717, 1.165) is 42.7 Å². The predicted octanol–water partition coefficient (Wildman–Crippen LogP) is 2.87. The monoisotopic (exact) mass is 379 g/mol. The lowest BCUT2D eigenvalue weighted by Gasteiger charge is -2.18. The average Bonchev–Trinajstić information content (AvgIpc) is 3.40. The van der Waals surface area contributed by atoms with Gasteiger partial charge in [-0.1, -0.05) is 30.3 Å². The molecule has 4 rings (SSSR count). The molecule has 28 heavy (non-hydrogen) atoms. The quantitative estimate of drug-likeness (QED) is 0.839. The van der Waals surface area contributed by atoms with Gasteiger partial charge in [-0.15, -0.1) is 0 Å². The van der Waals surface area contributed by atoms with E-state index in [-0.39, 0.29) is 18.0 Å². The lowest BCUT2D eigenvalue weighted by atomic mass is 10.1. The molecule has 6 heteroatoms. The molecule has 1 saturated heterocycles. The van der Waals surface area contributed by atoms with Gasteiger partial charge in [-0.05, 0) is 48.6 Å². The molecule has 0 spiro atoms. The third-order valence-corrected chi connectivity index (χ3v) is 5.28. The minimum atomic E-state index is -0.201.